The Hall–Kier alpha value is -2.07. The first-order valence-corrected chi connectivity index (χ1v) is 5.75. The predicted molar refractivity (Wildman–Crippen MR) is 70.5 cm³/mol. The Morgan fingerprint density at radius 2 is 2.11 bits per heavy atom. The van der Waals surface area contributed by atoms with Crippen LogP contribution in [0.2, 0.25) is 0 Å². The third kappa shape index (κ3) is 2.43. The Morgan fingerprint density at radius 1 is 1.33 bits per heavy atom. The summed E-state index contributed by atoms with van der Waals surface area (Å²) in [6, 6.07) is 10.9. The molecule has 1 heterocycles. The van der Waals surface area contributed by atoms with Crippen molar-refractivity contribution in [2.75, 3.05) is 11.9 Å². The van der Waals surface area contributed by atoms with Crippen molar-refractivity contribution in [3.63, 3.8) is 0 Å². The molecule has 0 radical (unpaired) electrons. The van der Waals surface area contributed by atoms with Crippen LogP contribution in [0.25, 0.3) is 0 Å². The van der Waals surface area contributed by atoms with Crippen molar-refractivity contribution in [1.82, 2.24) is 0 Å². The van der Waals surface area contributed by atoms with Crippen LogP contribution in [-0.2, 0) is 6.54 Å². The van der Waals surface area contributed by atoms with Gasteiger partial charge >= 0.3 is 0 Å². The maximum atomic E-state index is 12.2. The van der Waals surface area contributed by atoms with Crippen molar-refractivity contribution in [2.45, 2.75) is 13.5 Å². The van der Waals surface area contributed by atoms with Crippen LogP contribution in [0.4, 0.5) is 5.88 Å². The average Bonchev–Trinajstić information content (AvgIpc) is 2.83. The molecule has 1 aromatic carbocycles. The van der Waals surface area contributed by atoms with E-state index in [-0.39, 0.29) is 5.91 Å². The molecule has 0 aliphatic heterocycles. The van der Waals surface area contributed by atoms with E-state index in [0.717, 1.165) is 11.3 Å². The van der Waals surface area contributed by atoms with Gasteiger partial charge in [0.25, 0.3) is 5.91 Å². The maximum Gasteiger partial charge on any atom is 0.260 e. The average molecular weight is 244 g/mol. The van der Waals surface area contributed by atoms with Gasteiger partial charge in [-0.3, -0.25) is 9.69 Å². The van der Waals surface area contributed by atoms with Crippen molar-refractivity contribution in [3.05, 3.63) is 53.3 Å². The van der Waals surface area contributed by atoms with Crippen LogP contribution in [0.5, 0.6) is 0 Å². The third-order valence-electron chi connectivity index (χ3n) is 2.77. The third-order valence-corrected chi connectivity index (χ3v) is 2.77. The molecule has 2 rings (SSSR count). The first-order chi connectivity index (χ1) is 8.61. The van der Waals surface area contributed by atoms with E-state index in [1.807, 2.05) is 25.1 Å². The smallest absolute Gasteiger partial charge is 0.260 e. The number of anilines is 1. The molecule has 0 atom stereocenters. The highest BCUT2D eigenvalue weighted by Crippen LogP contribution is 2.19. The molecule has 0 bridgehead atoms. The molecule has 18 heavy (non-hydrogen) atoms. The van der Waals surface area contributed by atoms with Crippen molar-refractivity contribution in [3.8, 4) is 0 Å². The molecule has 0 fully saturated rings. The van der Waals surface area contributed by atoms with Gasteiger partial charge in [-0.2, -0.15) is 0 Å². The number of hydrogen-bond donors (Lipinski definition) is 1. The summed E-state index contributed by atoms with van der Waals surface area (Å²) in [7, 11) is 1.69. The lowest BCUT2D eigenvalue weighted by Gasteiger charge is -2.14. The highest BCUT2D eigenvalue weighted by atomic mass is 16.4. The Morgan fingerprint density at radius 3 is 2.72 bits per heavy atom. The number of benzene rings is 1. The van der Waals surface area contributed by atoms with Gasteiger partial charge in [-0.1, -0.05) is 12.1 Å². The first kappa shape index (κ1) is 12.4. The van der Waals surface area contributed by atoms with Crippen LogP contribution >= 0.6 is 0 Å². The summed E-state index contributed by atoms with van der Waals surface area (Å²) in [5, 5.41) is 0. The lowest BCUT2D eigenvalue weighted by Crippen LogP contribution is -2.25. The molecule has 0 aliphatic rings. The number of amides is 1. The van der Waals surface area contributed by atoms with Crippen LogP contribution in [0.1, 0.15) is 21.7 Å². The van der Waals surface area contributed by atoms with E-state index < -0.39 is 0 Å². The second kappa shape index (κ2) is 5.06. The zero-order valence-corrected chi connectivity index (χ0v) is 10.5. The number of carbonyl (C=O) groups is 1. The molecule has 1 amide bonds. The zero-order valence-electron chi connectivity index (χ0n) is 10.5. The van der Waals surface area contributed by atoms with E-state index in [4.69, 9.17) is 10.2 Å². The van der Waals surface area contributed by atoms with Crippen molar-refractivity contribution in [2.24, 2.45) is 5.73 Å². The molecule has 1 aromatic heterocycles. The Kier molecular flexibility index (Phi) is 3.48. The second-order valence-electron chi connectivity index (χ2n) is 4.15. The van der Waals surface area contributed by atoms with E-state index in [0.29, 0.717) is 18.0 Å². The molecule has 0 spiro atoms. The molecule has 0 saturated carbocycles. The van der Waals surface area contributed by atoms with Gasteiger partial charge in [-0.05, 0) is 30.7 Å². The summed E-state index contributed by atoms with van der Waals surface area (Å²) in [4.78, 5) is 13.7. The maximum absolute atomic E-state index is 12.2. The topological polar surface area (TPSA) is 59.5 Å². The highest BCUT2D eigenvalue weighted by molar-refractivity contribution is 6.05. The van der Waals surface area contributed by atoms with E-state index in [1.54, 1.807) is 25.2 Å². The summed E-state index contributed by atoms with van der Waals surface area (Å²) >= 11 is 0. The molecule has 0 aliphatic carbocycles. The number of hydrogen-bond acceptors (Lipinski definition) is 3. The van der Waals surface area contributed by atoms with Gasteiger partial charge < -0.3 is 10.2 Å². The number of rotatable bonds is 3. The lowest BCUT2D eigenvalue weighted by atomic mass is 10.1. The summed E-state index contributed by atoms with van der Waals surface area (Å²) in [6.45, 7) is 2.27. The molecule has 2 N–H and O–H groups in total. The summed E-state index contributed by atoms with van der Waals surface area (Å²) in [5.41, 5.74) is 7.11. The quantitative estimate of drug-likeness (QED) is 0.901. The van der Waals surface area contributed by atoms with E-state index >= 15 is 0 Å². The fraction of sp³-hybridized carbons (Fsp3) is 0.214. The van der Waals surface area contributed by atoms with Crippen LogP contribution in [-0.4, -0.2) is 13.0 Å². The van der Waals surface area contributed by atoms with Crippen molar-refractivity contribution >= 4 is 11.8 Å². The summed E-state index contributed by atoms with van der Waals surface area (Å²) in [6.07, 6.45) is 0. The van der Waals surface area contributed by atoms with E-state index in [9.17, 15) is 4.79 Å². The lowest BCUT2D eigenvalue weighted by molar-refractivity contribution is 0.0989. The molecule has 94 valence electrons. The van der Waals surface area contributed by atoms with E-state index in [2.05, 4.69) is 0 Å². The normalized spacial score (nSPS) is 10.4. The minimum absolute atomic E-state index is 0.111. The number of furan rings is 1. The Labute approximate surface area is 106 Å². The number of carbonyl (C=O) groups excluding carboxylic acids is 1. The first-order valence-electron chi connectivity index (χ1n) is 5.75. The van der Waals surface area contributed by atoms with Gasteiger partial charge in [0.1, 0.15) is 5.76 Å². The Bertz CT molecular complexity index is 560. The van der Waals surface area contributed by atoms with Gasteiger partial charge in [0.05, 0.1) is 0 Å². The Balaban J connectivity index is 2.25. The standard InChI is InChI=1S/C14H16N2O2/c1-10-6-7-13(18-10)16(2)14(17)12-5-3-4-11(8-12)9-15/h3-8H,9,15H2,1-2H3. The van der Waals surface area contributed by atoms with Gasteiger partial charge in [-0.25, -0.2) is 0 Å². The molecule has 2 aromatic rings. The van der Waals surface area contributed by atoms with Crippen LogP contribution in [0.3, 0.4) is 0 Å². The molecule has 4 nitrogen and oxygen atoms in total. The largest absolute Gasteiger partial charge is 0.445 e. The van der Waals surface area contributed by atoms with Crippen LogP contribution in [0.15, 0.2) is 40.8 Å². The monoisotopic (exact) mass is 244 g/mol. The predicted octanol–water partition coefficient (Wildman–Crippen LogP) is 2.32. The fourth-order valence-corrected chi connectivity index (χ4v) is 1.73. The van der Waals surface area contributed by atoms with Crippen molar-refractivity contribution in [1.29, 1.82) is 0 Å². The molecule has 4 heteroatoms. The number of nitrogens with two attached hydrogens (primary N) is 1. The van der Waals surface area contributed by atoms with Crippen LogP contribution < -0.4 is 10.6 Å². The van der Waals surface area contributed by atoms with Gasteiger partial charge in [0.2, 0.25) is 5.88 Å². The summed E-state index contributed by atoms with van der Waals surface area (Å²) < 4.78 is 5.42. The SMILES string of the molecule is Cc1ccc(N(C)C(=O)c2cccc(CN)c2)o1. The second-order valence-corrected chi connectivity index (χ2v) is 4.15. The molecular weight excluding hydrogens is 228 g/mol. The van der Waals surface area contributed by atoms with Gasteiger partial charge in [0.15, 0.2) is 0 Å². The summed E-state index contributed by atoms with van der Waals surface area (Å²) in [5.74, 6) is 1.20. The molecule has 0 unspecified atom stereocenters. The van der Waals surface area contributed by atoms with Crippen LogP contribution in [0, 0.1) is 6.92 Å². The van der Waals surface area contributed by atoms with Gasteiger partial charge in [0, 0.05) is 25.2 Å². The molecular formula is C14H16N2O2. The zero-order chi connectivity index (χ0) is 13.1. The van der Waals surface area contributed by atoms with Crippen molar-refractivity contribution < 1.29 is 9.21 Å². The number of aryl methyl sites for hydroxylation is 1. The van der Waals surface area contributed by atoms with Gasteiger partial charge in [-0.15, -0.1) is 0 Å². The minimum Gasteiger partial charge on any atom is -0.445 e. The fourth-order valence-electron chi connectivity index (χ4n) is 1.73. The number of nitrogens with zero attached hydrogens (tertiary/aromatic N) is 1. The van der Waals surface area contributed by atoms with E-state index in [1.165, 1.54) is 4.90 Å². The minimum atomic E-state index is -0.111. The highest BCUT2D eigenvalue weighted by Gasteiger charge is 2.16. The molecule has 0 saturated heterocycles.